The van der Waals surface area contributed by atoms with E-state index in [-0.39, 0.29) is 36.3 Å². The summed E-state index contributed by atoms with van der Waals surface area (Å²) in [6.07, 6.45) is -0.652. The lowest BCUT2D eigenvalue weighted by atomic mass is 9.82. The van der Waals surface area contributed by atoms with Crippen LogP contribution in [0.3, 0.4) is 0 Å². The first-order valence-electron chi connectivity index (χ1n) is 11.2. The number of rotatable bonds is 8. The second-order valence-electron chi connectivity index (χ2n) is 8.40. The summed E-state index contributed by atoms with van der Waals surface area (Å²) >= 11 is 0. The van der Waals surface area contributed by atoms with Crippen LogP contribution in [0.5, 0.6) is 11.5 Å². The standard InChI is InChI=1S/C27H29F2NO4/c1-32-24-5-3-4-19(27(24)33-2)15-30-22-16-34-25(14-23(22)31)26(17-6-10-20(28)11-7-17)18-8-12-21(29)13-9-18/h3-13,22-23,25-26,30-31H,14-16H2,1-2H3. The Morgan fingerprint density at radius 1 is 0.941 bits per heavy atom. The molecule has 4 rings (SSSR count). The molecule has 2 N–H and O–H groups in total. The SMILES string of the molecule is COc1cccc(CNC2COC(C(c3ccc(F)cc3)c3ccc(F)cc3)CC2O)c1OC. The number of nitrogens with one attached hydrogen (secondary N) is 1. The first-order chi connectivity index (χ1) is 16.5. The van der Waals surface area contributed by atoms with Gasteiger partial charge in [0.1, 0.15) is 11.6 Å². The van der Waals surface area contributed by atoms with Gasteiger partial charge in [-0.3, -0.25) is 0 Å². The van der Waals surface area contributed by atoms with Crippen molar-refractivity contribution < 1.29 is 28.1 Å². The normalized spacial score (nSPS) is 20.4. The van der Waals surface area contributed by atoms with E-state index >= 15 is 0 Å². The molecule has 34 heavy (non-hydrogen) atoms. The van der Waals surface area contributed by atoms with Gasteiger partial charge < -0.3 is 24.6 Å². The van der Waals surface area contributed by atoms with Crippen molar-refractivity contribution in [2.24, 2.45) is 0 Å². The molecule has 5 nitrogen and oxygen atoms in total. The Balaban J connectivity index is 1.48. The van der Waals surface area contributed by atoms with E-state index in [1.807, 2.05) is 18.2 Å². The zero-order chi connectivity index (χ0) is 24.1. The van der Waals surface area contributed by atoms with Crippen LogP contribution >= 0.6 is 0 Å². The van der Waals surface area contributed by atoms with Gasteiger partial charge in [0.15, 0.2) is 11.5 Å². The predicted octanol–water partition coefficient (Wildman–Crippen LogP) is 4.42. The van der Waals surface area contributed by atoms with Gasteiger partial charge in [0.2, 0.25) is 0 Å². The third-order valence-corrected chi connectivity index (χ3v) is 6.30. The van der Waals surface area contributed by atoms with Crippen LogP contribution in [0.4, 0.5) is 8.78 Å². The molecule has 1 aliphatic rings. The molecule has 0 amide bonds. The van der Waals surface area contributed by atoms with Crippen molar-refractivity contribution in [1.82, 2.24) is 5.32 Å². The van der Waals surface area contributed by atoms with Gasteiger partial charge in [0.05, 0.1) is 39.1 Å². The number of ether oxygens (including phenoxy) is 3. The fourth-order valence-corrected chi connectivity index (χ4v) is 4.53. The highest BCUT2D eigenvalue weighted by atomic mass is 19.1. The van der Waals surface area contributed by atoms with E-state index < -0.39 is 6.10 Å². The van der Waals surface area contributed by atoms with Gasteiger partial charge in [0, 0.05) is 24.4 Å². The maximum Gasteiger partial charge on any atom is 0.165 e. The van der Waals surface area contributed by atoms with Crippen LogP contribution in [-0.2, 0) is 11.3 Å². The largest absolute Gasteiger partial charge is 0.493 e. The molecule has 0 saturated carbocycles. The topological polar surface area (TPSA) is 60.0 Å². The summed E-state index contributed by atoms with van der Waals surface area (Å²) in [6.45, 7) is 0.756. The summed E-state index contributed by atoms with van der Waals surface area (Å²) in [7, 11) is 3.18. The number of aliphatic hydroxyl groups excluding tert-OH is 1. The van der Waals surface area contributed by atoms with Crippen molar-refractivity contribution in [1.29, 1.82) is 0 Å². The summed E-state index contributed by atoms with van der Waals surface area (Å²) in [5.41, 5.74) is 2.60. The molecular formula is C27H29F2NO4. The van der Waals surface area contributed by atoms with Crippen LogP contribution in [0.1, 0.15) is 29.0 Å². The highest BCUT2D eigenvalue weighted by Crippen LogP contribution is 2.35. The molecule has 3 unspecified atom stereocenters. The zero-order valence-corrected chi connectivity index (χ0v) is 19.2. The Morgan fingerprint density at radius 2 is 1.56 bits per heavy atom. The van der Waals surface area contributed by atoms with E-state index in [1.165, 1.54) is 24.3 Å². The van der Waals surface area contributed by atoms with Gasteiger partial charge in [-0.05, 0) is 41.5 Å². The lowest BCUT2D eigenvalue weighted by Crippen LogP contribution is -2.50. The van der Waals surface area contributed by atoms with Crippen molar-refractivity contribution in [3.05, 3.63) is 95.1 Å². The molecule has 1 heterocycles. The van der Waals surface area contributed by atoms with E-state index in [0.717, 1.165) is 16.7 Å². The van der Waals surface area contributed by atoms with Crippen LogP contribution in [-0.4, -0.2) is 44.2 Å². The molecule has 1 aliphatic heterocycles. The van der Waals surface area contributed by atoms with E-state index in [9.17, 15) is 13.9 Å². The Morgan fingerprint density at radius 3 is 2.09 bits per heavy atom. The van der Waals surface area contributed by atoms with E-state index in [0.29, 0.717) is 24.5 Å². The molecule has 3 aromatic carbocycles. The molecule has 7 heteroatoms. The fraction of sp³-hybridized carbons (Fsp3) is 0.333. The first kappa shape index (κ1) is 24.1. The zero-order valence-electron chi connectivity index (χ0n) is 19.2. The van der Waals surface area contributed by atoms with E-state index in [2.05, 4.69) is 5.32 Å². The average Bonchev–Trinajstić information content (AvgIpc) is 2.85. The number of halogens is 2. The van der Waals surface area contributed by atoms with E-state index in [1.54, 1.807) is 38.5 Å². The molecule has 3 aromatic rings. The summed E-state index contributed by atoms with van der Waals surface area (Å²) in [6, 6.07) is 17.8. The van der Waals surface area contributed by atoms with Crippen LogP contribution in [0.15, 0.2) is 66.7 Å². The Kier molecular flexibility index (Phi) is 7.77. The highest BCUT2D eigenvalue weighted by molar-refractivity contribution is 5.46. The van der Waals surface area contributed by atoms with Crippen molar-refractivity contribution in [2.45, 2.75) is 37.1 Å². The summed E-state index contributed by atoms with van der Waals surface area (Å²) in [4.78, 5) is 0. The van der Waals surface area contributed by atoms with Gasteiger partial charge in [-0.2, -0.15) is 0 Å². The molecule has 0 spiro atoms. The molecule has 0 radical (unpaired) electrons. The maximum absolute atomic E-state index is 13.5. The first-order valence-corrected chi connectivity index (χ1v) is 11.2. The number of benzene rings is 3. The molecule has 1 saturated heterocycles. The smallest absolute Gasteiger partial charge is 0.165 e. The molecule has 3 atom stereocenters. The lowest BCUT2D eigenvalue weighted by molar-refractivity contribution is -0.0718. The van der Waals surface area contributed by atoms with Crippen LogP contribution in [0.2, 0.25) is 0 Å². The molecule has 1 fully saturated rings. The van der Waals surface area contributed by atoms with Gasteiger partial charge >= 0.3 is 0 Å². The average molecular weight is 470 g/mol. The second kappa shape index (κ2) is 11.0. The molecule has 0 bridgehead atoms. The Hall–Kier alpha value is -3.00. The van der Waals surface area contributed by atoms with Gasteiger partial charge in [-0.1, -0.05) is 36.4 Å². The summed E-state index contributed by atoms with van der Waals surface area (Å²) in [5.74, 6) is 0.361. The van der Waals surface area contributed by atoms with Gasteiger partial charge in [-0.25, -0.2) is 8.78 Å². The van der Waals surface area contributed by atoms with Crippen molar-refractivity contribution in [2.75, 3.05) is 20.8 Å². The number of hydrogen-bond donors (Lipinski definition) is 2. The molecule has 0 aliphatic carbocycles. The predicted molar refractivity (Wildman–Crippen MR) is 125 cm³/mol. The van der Waals surface area contributed by atoms with Gasteiger partial charge in [0.25, 0.3) is 0 Å². The Labute approximate surface area is 198 Å². The maximum atomic E-state index is 13.5. The second-order valence-corrected chi connectivity index (χ2v) is 8.40. The lowest BCUT2D eigenvalue weighted by Gasteiger charge is -2.38. The monoisotopic (exact) mass is 469 g/mol. The van der Waals surface area contributed by atoms with Crippen LogP contribution in [0.25, 0.3) is 0 Å². The summed E-state index contributed by atoms with van der Waals surface area (Å²) < 4.78 is 44.1. The minimum atomic E-state index is -0.668. The minimum Gasteiger partial charge on any atom is -0.493 e. The highest BCUT2D eigenvalue weighted by Gasteiger charge is 2.35. The molecule has 180 valence electrons. The fourth-order valence-electron chi connectivity index (χ4n) is 4.53. The number of hydrogen-bond acceptors (Lipinski definition) is 5. The van der Waals surface area contributed by atoms with Crippen molar-refractivity contribution >= 4 is 0 Å². The third-order valence-electron chi connectivity index (χ3n) is 6.30. The number of methoxy groups -OCH3 is 2. The van der Waals surface area contributed by atoms with Gasteiger partial charge in [-0.15, -0.1) is 0 Å². The van der Waals surface area contributed by atoms with E-state index in [4.69, 9.17) is 14.2 Å². The molecule has 0 aromatic heterocycles. The minimum absolute atomic E-state index is 0.268. The van der Waals surface area contributed by atoms with Crippen LogP contribution < -0.4 is 14.8 Å². The van der Waals surface area contributed by atoms with Crippen molar-refractivity contribution in [3.63, 3.8) is 0 Å². The quantitative estimate of drug-likeness (QED) is 0.512. The van der Waals surface area contributed by atoms with Crippen LogP contribution in [0, 0.1) is 11.6 Å². The number of para-hydroxylation sites is 1. The van der Waals surface area contributed by atoms with Crippen molar-refractivity contribution in [3.8, 4) is 11.5 Å². The number of aliphatic hydroxyl groups is 1. The summed E-state index contributed by atoms with van der Waals surface area (Å²) in [5, 5.41) is 14.3. The third kappa shape index (κ3) is 5.38. The molecular weight excluding hydrogens is 440 g/mol. The Bertz CT molecular complexity index is 1030.